The minimum Gasteiger partial charge on any atom is -0.760 e. The van der Waals surface area contributed by atoms with Gasteiger partial charge < -0.3 is 4.55 Å². The van der Waals surface area contributed by atoms with E-state index < -0.39 is 11.3 Å². The molecule has 0 spiro atoms. The highest BCUT2D eigenvalue weighted by Gasteiger charge is 1.91. The fourth-order valence-electron chi connectivity index (χ4n) is 0.431. The second kappa shape index (κ2) is 4.90. The Morgan fingerprint density at radius 2 is 2.22 bits per heavy atom. The summed E-state index contributed by atoms with van der Waals surface area (Å²) < 4.78 is 22.0. The van der Waals surface area contributed by atoms with Crippen LogP contribution in [-0.4, -0.2) is 15.3 Å². The summed E-state index contributed by atoms with van der Waals surface area (Å²) in [7, 11) is 0. The number of nitrogens with one attached hydrogen (secondary N) is 1. The molecule has 0 saturated heterocycles. The lowest BCUT2D eigenvalue weighted by atomic mass is 10.1. The van der Waals surface area contributed by atoms with E-state index in [0.29, 0.717) is 12.5 Å². The molecule has 0 rings (SSSR count). The van der Waals surface area contributed by atoms with Gasteiger partial charge in [0.15, 0.2) is 0 Å². The van der Waals surface area contributed by atoms with Crippen LogP contribution in [-0.2, 0) is 11.3 Å². The average Bonchev–Trinajstić information content (AvgIpc) is 1.63. The fraction of sp³-hybridized carbons (Fsp3) is 1.00. The fourth-order valence-corrected chi connectivity index (χ4v) is 0.715. The molecule has 1 atom stereocenters. The molecule has 0 aliphatic heterocycles. The van der Waals surface area contributed by atoms with Gasteiger partial charge in [-0.2, -0.15) is 0 Å². The molecule has 0 aromatic carbocycles. The van der Waals surface area contributed by atoms with E-state index in [1.165, 1.54) is 0 Å². The third-order valence-electron chi connectivity index (χ3n) is 0.942. The van der Waals surface area contributed by atoms with E-state index in [1.807, 2.05) is 0 Å². The molecule has 0 saturated carbocycles. The minimum atomic E-state index is -2.08. The Hall–Kier alpha value is 0.0700. The molecule has 0 aromatic rings. The molecule has 0 radical (unpaired) electrons. The summed E-state index contributed by atoms with van der Waals surface area (Å²) in [6.07, 6.45) is 0.897. The molecular weight excluding hydrogens is 138 g/mol. The van der Waals surface area contributed by atoms with Crippen LogP contribution in [0.1, 0.15) is 20.3 Å². The number of hydrogen-bond acceptors (Lipinski definition) is 2. The summed E-state index contributed by atoms with van der Waals surface area (Å²) in [5.41, 5.74) is 0. The average molecular weight is 150 g/mol. The largest absolute Gasteiger partial charge is 0.760 e. The molecule has 4 heteroatoms. The van der Waals surface area contributed by atoms with Crippen molar-refractivity contribution in [2.75, 3.05) is 6.54 Å². The predicted molar refractivity (Wildman–Crippen MR) is 36.4 cm³/mol. The minimum absolute atomic E-state index is 0.549. The maximum atomic E-state index is 9.87. The predicted octanol–water partition coefficient (Wildman–Crippen LogP) is 0.416. The van der Waals surface area contributed by atoms with Gasteiger partial charge in [-0.3, -0.25) is 4.21 Å². The van der Waals surface area contributed by atoms with Crippen molar-refractivity contribution in [3.05, 3.63) is 0 Å². The van der Waals surface area contributed by atoms with Gasteiger partial charge in [-0.1, -0.05) is 13.8 Å². The first-order valence-corrected chi connectivity index (χ1v) is 4.03. The zero-order chi connectivity index (χ0) is 7.28. The Bertz CT molecular complexity index is 95.0. The van der Waals surface area contributed by atoms with Crippen LogP contribution in [0.5, 0.6) is 0 Å². The highest BCUT2D eigenvalue weighted by molar-refractivity contribution is 7.77. The molecule has 56 valence electrons. The number of rotatable bonds is 4. The Balaban J connectivity index is 3.01. The van der Waals surface area contributed by atoms with E-state index in [2.05, 4.69) is 18.6 Å². The van der Waals surface area contributed by atoms with Crippen molar-refractivity contribution in [3.8, 4) is 0 Å². The number of hydrogen-bond donors (Lipinski definition) is 1. The normalized spacial score (nSPS) is 14.2. The standard InChI is InChI=1S/C5H13NO2S/c1-5(2)3-4-6-9(7)8/h5-6H,3-4H2,1-2H3,(H,7,8)/p-1. The first-order chi connectivity index (χ1) is 4.13. The van der Waals surface area contributed by atoms with Gasteiger partial charge in [0.05, 0.1) is 0 Å². The quantitative estimate of drug-likeness (QED) is 0.590. The summed E-state index contributed by atoms with van der Waals surface area (Å²) >= 11 is -2.08. The van der Waals surface area contributed by atoms with E-state index in [0.717, 1.165) is 6.42 Å². The lowest BCUT2D eigenvalue weighted by Crippen LogP contribution is -2.18. The lowest BCUT2D eigenvalue weighted by molar-refractivity contribution is 0.511. The third kappa shape index (κ3) is 8.07. The topological polar surface area (TPSA) is 52.2 Å². The molecule has 0 bridgehead atoms. The van der Waals surface area contributed by atoms with Crippen LogP contribution in [0, 0.1) is 5.92 Å². The molecule has 3 nitrogen and oxygen atoms in total. The van der Waals surface area contributed by atoms with Crippen molar-refractivity contribution >= 4 is 11.3 Å². The molecule has 1 N–H and O–H groups in total. The lowest BCUT2D eigenvalue weighted by Gasteiger charge is -2.07. The van der Waals surface area contributed by atoms with Crippen LogP contribution in [0.2, 0.25) is 0 Å². The maximum absolute atomic E-state index is 9.87. The van der Waals surface area contributed by atoms with Crippen LogP contribution in [0.4, 0.5) is 0 Å². The molecule has 0 amide bonds. The molecule has 0 aromatic heterocycles. The van der Waals surface area contributed by atoms with Gasteiger partial charge in [0, 0.05) is 17.8 Å². The summed E-state index contributed by atoms with van der Waals surface area (Å²) in [5.74, 6) is 0.557. The Labute approximate surface area is 58.3 Å². The highest BCUT2D eigenvalue weighted by Crippen LogP contribution is 1.95. The zero-order valence-electron chi connectivity index (χ0n) is 5.72. The maximum Gasteiger partial charge on any atom is 0.0181 e. The molecule has 0 aliphatic carbocycles. The molecule has 0 heterocycles. The van der Waals surface area contributed by atoms with Crippen molar-refractivity contribution < 1.29 is 8.76 Å². The van der Waals surface area contributed by atoms with E-state index >= 15 is 0 Å². The first-order valence-electron chi connectivity index (χ1n) is 2.95. The van der Waals surface area contributed by atoms with Crippen molar-refractivity contribution in [3.63, 3.8) is 0 Å². The summed E-state index contributed by atoms with van der Waals surface area (Å²) in [6, 6.07) is 0. The van der Waals surface area contributed by atoms with E-state index in [4.69, 9.17) is 0 Å². The highest BCUT2D eigenvalue weighted by atomic mass is 32.2. The Morgan fingerprint density at radius 3 is 2.56 bits per heavy atom. The van der Waals surface area contributed by atoms with Crippen LogP contribution >= 0.6 is 0 Å². The Morgan fingerprint density at radius 1 is 1.67 bits per heavy atom. The van der Waals surface area contributed by atoms with Gasteiger partial charge in [0.25, 0.3) is 0 Å². The van der Waals surface area contributed by atoms with E-state index in [-0.39, 0.29) is 0 Å². The molecule has 0 aliphatic rings. The van der Waals surface area contributed by atoms with Gasteiger partial charge in [0.1, 0.15) is 0 Å². The SMILES string of the molecule is CC(C)CCNS(=O)[O-]. The second-order valence-electron chi connectivity index (χ2n) is 2.31. The van der Waals surface area contributed by atoms with E-state index in [9.17, 15) is 8.76 Å². The van der Waals surface area contributed by atoms with Crippen molar-refractivity contribution in [1.82, 2.24) is 4.72 Å². The second-order valence-corrected chi connectivity index (χ2v) is 3.07. The summed E-state index contributed by atoms with van der Waals surface area (Å²) in [5, 5.41) is 0. The van der Waals surface area contributed by atoms with Crippen LogP contribution in [0.3, 0.4) is 0 Å². The van der Waals surface area contributed by atoms with Crippen molar-refractivity contribution in [1.29, 1.82) is 0 Å². The van der Waals surface area contributed by atoms with Gasteiger partial charge in [-0.15, -0.1) is 0 Å². The first kappa shape index (κ1) is 9.07. The smallest absolute Gasteiger partial charge is 0.0181 e. The van der Waals surface area contributed by atoms with Gasteiger partial charge in [0.2, 0.25) is 0 Å². The Kier molecular flexibility index (Phi) is 4.94. The summed E-state index contributed by atoms with van der Waals surface area (Å²) in [4.78, 5) is 0. The van der Waals surface area contributed by atoms with Crippen LogP contribution in [0.15, 0.2) is 0 Å². The zero-order valence-corrected chi connectivity index (χ0v) is 6.53. The third-order valence-corrected chi connectivity index (χ3v) is 1.38. The monoisotopic (exact) mass is 150 g/mol. The molecule has 0 fully saturated rings. The van der Waals surface area contributed by atoms with Gasteiger partial charge in [-0.25, -0.2) is 4.72 Å². The molecular formula is C5H12NO2S-. The van der Waals surface area contributed by atoms with E-state index in [1.54, 1.807) is 0 Å². The van der Waals surface area contributed by atoms with Crippen molar-refractivity contribution in [2.24, 2.45) is 5.92 Å². The molecule has 9 heavy (non-hydrogen) atoms. The van der Waals surface area contributed by atoms with Gasteiger partial charge >= 0.3 is 0 Å². The van der Waals surface area contributed by atoms with Crippen LogP contribution < -0.4 is 4.72 Å². The van der Waals surface area contributed by atoms with Gasteiger partial charge in [-0.05, 0) is 12.3 Å². The van der Waals surface area contributed by atoms with Crippen molar-refractivity contribution in [2.45, 2.75) is 20.3 Å². The molecule has 1 unspecified atom stereocenters. The van der Waals surface area contributed by atoms with Crippen LogP contribution in [0.25, 0.3) is 0 Å². The summed E-state index contributed by atoms with van der Waals surface area (Å²) in [6.45, 7) is 4.65.